The average Bonchev–Trinajstić information content (AvgIpc) is 2.68. The van der Waals surface area contributed by atoms with E-state index in [0.717, 1.165) is 33.1 Å². The van der Waals surface area contributed by atoms with Crippen LogP contribution in [0.2, 0.25) is 0 Å². The van der Waals surface area contributed by atoms with E-state index in [1.807, 2.05) is 0 Å². The molecule has 5 atom stereocenters. The minimum Gasteiger partial charge on any atom is -0.456 e. The van der Waals surface area contributed by atoms with Gasteiger partial charge in [-0.25, -0.2) is 4.39 Å². The van der Waals surface area contributed by atoms with E-state index < -0.39 is 48.7 Å². The highest BCUT2D eigenvalue weighted by Gasteiger charge is 2.52. The van der Waals surface area contributed by atoms with E-state index in [1.165, 1.54) is 39.0 Å². The zero-order valence-electron chi connectivity index (χ0n) is 19.1. The van der Waals surface area contributed by atoms with Crippen LogP contribution in [0.4, 0.5) is 4.39 Å². The van der Waals surface area contributed by atoms with Crippen LogP contribution in [0.15, 0.2) is 0 Å². The molecule has 0 N–H and O–H groups in total. The Morgan fingerprint density at radius 2 is 1.23 bits per heavy atom. The van der Waals surface area contributed by atoms with Gasteiger partial charge in [0.05, 0.1) is 6.61 Å². The van der Waals surface area contributed by atoms with Gasteiger partial charge >= 0.3 is 17.9 Å². The van der Waals surface area contributed by atoms with Crippen LogP contribution in [-0.4, -0.2) is 61.9 Å². The van der Waals surface area contributed by atoms with E-state index in [0.29, 0.717) is 6.61 Å². The topological polar surface area (TPSA) is 97.4 Å². The minimum absolute atomic E-state index is 0.0561. The number of alkyl halides is 1. The van der Waals surface area contributed by atoms with Crippen molar-refractivity contribution in [3.8, 4) is 0 Å². The molecule has 1 heterocycles. The van der Waals surface area contributed by atoms with Crippen molar-refractivity contribution in [2.75, 3.05) is 13.2 Å². The average molecular weight is 449 g/mol. The molecule has 1 aliphatic rings. The molecule has 8 nitrogen and oxygen atoms in total. The first-order valence-electron chi connectivity index (χ1n) is 11.1. The molecule has 0 radical (unpaired) electrons. The highest BCUT2D eigenvalue weighted by Crippen LogP contribution is 2.29. The van der Waals surface area contributed by atoms with Crippen LogP contribution in [0, 0.1) is 0 Å². The summed E-state index contributed by atoms with van der Waals surface area (Å²) in [6.45, 7) is 5.98. The van der Waals surface area contributed by atoms with Crippen LogP contribution in [0.25, 0.3) is 0 Å². The van der Waals surface area contributed by atoms with Gasteiger partial charge in [-0.05, 0) is 6.42 Å². The first-order valence-corrected chi connectivity index (χ1v) is 11.1. The number of esters is 3. The Morgan fingerprint density at radius 3 is 1.77 bits per heavy atom. The molecule has 0 aliphatic carbocycles. The van der Waals surface area contributed by atoms with Gasteiger partial charge < -0.3 is 23.7 Å². The van der Waals surface area contributed by atoms with Gasteiger partial charge in [-0.1, -0.05) is 51.9 Å². The fourth-order valence-corrected chi connectivity index (χ4v) is 3.51. The SMILES string of the molecule is CCCCCCCCCCOC[C@H]1O[C@H](F)[C@H](OC(C)=O)[C@@H](OC(C)=O)[C@H]1OC(C)=O. The summed E-state index contributed by atoms with van der Waals surface area (Å²) in [5.74, 6) is -2.18. The number of hydrogen-bond donors (Lipinski definition) is 0. The second-order valence-electron chi connectivity index (χ2n) is 7.80. The second-order valence-corrected chi connectivity index (χ2v) is 7.80. The molecule has 0 bridgehead atoms. The molecule has 1 aliphatic heterocycles. The zero-order chi connectivity index (χ0) is 23.2. The Balaban J connectivity index is 2.59. The molecule has 1 fully saturated rings. The number of unbranched alkanes of at least 4 members (excludes halogenated alkanes) is 7. The first-order chi connectivity index (χ1) is 14.8. The molecular formula is C22H37FO8. The second kappa shape index (κ2) is 15.1. The summed E-state index contributed by atoms with van der Waals surface area (Å²) in [5, 5.41) is 0. The van der Waals surface area contributed by atoms with E-state index >= 15 is 0 Å². The Kier molecular flexibility index (Phi) is 13.3. The third-order valence-corrected chi connectivity index (χ3v) is 4.91. The maximum atomic E-state index is 14.6. The molecule has 180 valence electrons. The van der Waals surface area contributed by atoms with Crippen LogP contribution in [0.3, 0.4) is 0 Å². The van der Waals surface area contributed by atoms with Gasteiger partial charge in [0.25, 0.3) is 0 Å². The summed E-state index contributed by atoms with van der Waals surface area (Å²) in [6.07, 6.45) is 2.10. The molecule has 1 saturated heterocycles. The third kappa shape index (κ3) is 10.9. The summed E-state index contributed by atoms with van der Waals surface area (Å²) in [6, 6.07) is 0. The van der Waals surface area contributed by atoms with Gasteiger partial charge in [0.2, 0.25) is 6.36 Å². The van der Waals surface area contributed by atoms with E-state index in [-0.39, 0.29) is 6.61 Å². The van der Waals surface area contributed by atoms with Crippen molar-refractivity contribution >= 4 is 17.9 Å². The minimum atomic E-state index is -2.06. The molecule has 31 heavy (non-hydrogen) atoms. The zero-order valence-corrected chi connectivity index (χ0v) is 19.1. The van der Waals surface area contributed by atoms with Crippen LogP contribution in [0.1, 0.15) is 79.1 Å². The van der Waals surface area contributed by atoms with Crippen molar-refractivity contribution in [3.63, 3.8) is 0 Å². The van der Waals surface area contributed by atoms with E-state index in [9.17, 15) is 18.8 Å². The molecular weight excluding hydrogens is 411 g/mol. The van der Waals surface area contributed by atoms with Gasteiger partial charge in [0, 0.05) is 27.4 Å². The Bertz CT molecular complexity index is 556. The maximum absolute atomic E-state index is 14.6. The number of carbonyl (C=O) groups is 3. The lowest BCUT2D eigenvalue weighted by Crippen LogP contribution is -2.61. The van der Waals surface area contributed by atoms with Crippen molar-refractivity contribution in [1.82, 2.24) is 0 Å². The Labute approximate surface area is 184 Å². The van der Waals surface area contributed by atoms with Crippen molar-refractivity contribution in [2.24, 2.45) is 0 Å². The lowest BCUT2D eigenvalue weighted by Gasteiger charge is -2.41. The summed E-state index contributed by atoms with van der Waals surface area (Å²) >= 11 is 0. The lowest BCUT2D eigenvalue weighted by atomic mass is 9.98. The molecule has 1 rings (SSSR count). The largest absolute Gasteiger partial charge is 0.456 e. The molecule has 9 heteroatoms. The summed E-state index contributed by atoms with van der Waals surface area (Å²) in [7, 11) is 0. The van der Waals surface area contributed by atoms with Crippen molar-refractivity contribution < 1.29 is 42.5 Å². The lowest BCUT2D eigenvalue weighted by molar-refractivity contribution is -0.278. The fourth-order valence-electron chi connectivity index (χ4n) is 3.51. The van der Waals surface area contributed by atoms with Gasteiger partial charge in [-0.3, -0.25) is 14.4 Å². The van der Waals surface area contributed by atoms with Gasteiger partial charge in [0.1, 0.15) is 6.10 Å². The van der Waals surface area contributed by atoms with Crippen LogP contribution in [0.5, 0.6) is 0 Å². The standard InChI is InChI=1S/C22H37FO8/c1-5-6-7-8-9-10-11-12-13-27-14-18-19(28-15(2)24)20(29-16(3)25)21(22(23)31-18)30-17(4)26/h18-22H,5-14H2,1-4H3/t18-,19+,20+,21-,22+/m1/s1. The Morgan fingerprint density at radius 1 is 0.742 bits per heavy atom. The van der Waals surface area contributed by atoms with Gasteiger partial charge in [-0.2, -0.15) is 0 Å². The molecule has 0 saturated carbocycles. The predicted molar refractivity (Wildman–Crippen MR) is 110 cm³/mol. The van der Waals surface area contributed by atoms with Crippen molar-refractivity contribution in [1.29, 1.82) is 0 Å². The highest BCUT2D eigenvalue weighted by atomic mass is 19.1. The first kappa shape index (κ1) is 27.3. The summed E-state index contributed by atoms with van der Waals surface area (Å²) in [5.41, 5.74) is 0. The monoisotopic (exact) mass is 448 g/mol. The smallest absolute Gasteiger partial charge is 0.303 e. The Hall–Kier alpha value is -1.74. The molecule has 0 spiro atoms. The van der Waals surface area contributed by atoms with E-state index in [2.05, 4.69) is 6.92 Å². The predicted octanol–water partition coefficient (Wildman–Crippen LogP) is 3.63. The van der Waals surface area contributed by atoms with Gasteiger partial charge in [-0.15, -0.1) is 0 Å². The summed E-state index contributed by atoms with van der Waals surface area (Å²) in [4.78, 5) is 34.5. The number of halogens is 1. The number of carbonyl (C=O) groups excluding carboxylic acids is 3. The van der Waals surface area contributed by atoms with Crippen LogP contribution < -0.4 is 0 Å². The van der Waals surface area contributed by atoms with Crippen molar-refractivity contribution in [3.05, 3.63) is 0 Å². The highest BCUT2D eigenvalue weighted by molar-refractivity contribution is 5.68. The molecule has 0 aromatic carbocycles. The summed E-state index contributed by atoms with van der Waals surface area (Å²) < 4.78 is 40.8. The quantitative estimate of drug-likeness (QED) is 0.226. The molecule has 0 amide bonds. The molecule has 0 unspecified atom stereocenters. The number of ether oxygens (including phenoxy) is 5. The molecule has 0 aromatic heterocycles. The molecule has 0 aromatic rings. The normalized spacial score (nSPS) is 25.6. The van der Waals surface area contributed by atoms with Crippen LogP contribution in [-0.2, 0) is 38.1 Å². The third-order valence-electron chi connectivity index (χ3n) is 4.91. The fraction of sp³-hybridized carbons (Fsp3) is 0.864. The van der Waals surface area contributed by atoms with Crippen molar-refractivity contribution in [2.45, 2.75) is 110 Å². The van der Waals surface area contributed by atoms with E-state index in [4.69, 9.17) is 23.7 Å². The number of hydrogen-bond acceptors (Lipinski definition) is 8. The van der Waals surface area contributed by atoms with E-state index in [1.54, 1.807) is 0 Å². The van der Waals surface area contributed by atoms with Crippen LogP contribution >= 0.6 is 0 Å². The maximum Gasteiger partial charge on any atom is 0.303 e. The number of rotatable bonds is 14. The van der Waals surface area contributed by atoms with Gasteiger partial charge in [0.15, 0.2) is 18.3 Å².